The molecule has 0 saturated carbocycles. The van der Waals surface area contributed by atoms with Gasteiger partial charge in [-0.15, -0.1) is 0 Å². The van der Waals surface area contributed by atoms with Crippen molar-refractivity contribution in [1.82, 2.24) is 0 Å². The summed E-state index contributed by atoms with van der Waals surface area (Å²) >= 11 is 0. The highest BCUT2D eigenvalue weighted by Gasteiger charge is 2.16. The minimum atomic E-state index is 0.165. The van der Waals surface area contributed by atoms with Crippen molar-refractivity contribution >= 4 is 0 Å². The van der Waals surface area contributed by atoms with E-state index in [0.717, 1.165) is 12.2 Å². The molecule has 78 valence electrons. The summed E-state index contributed by atoms with van der Waals surface area (Å²) in [5, 5.41) is 0. The molecule has 1 nitrogen and oxygen atoms in total. The smallest absolute Gasteiger partial charge is 0.0679 e. The normalized spacial score (nSPS) is 13.1. The zero-order chi connectivity index (χ0) is 10.7. The standard InChI is InChI=1S/C12H24O/c1-10(12(5,6)7)8-13-9-11(2,3)4/h1,8-9H2,2-7H3. The van der Waals surface area contributed by atoms with Gasteiger partial charge in [0, 0.05) is 0 Å². The van der Waals surface area contributed by atoms with Gasteiger partial charge in [-0.3, -0.25) is 0 Å². The average molecular weight is 184 g/mol. The summed E-state index contributed by atoms with van der Waals surface area (Å²) in [6.07, 6.45) is 0. The van der Waals surface area contributed by atoms with Crippen LogP contribution in [0.1, 0.15) is 41.5 Å². The van der Waals surface area contributed by atoms with Crippen LogP contribution in [0.3, 0.4) is 0 Å². The van der Waals surface area contributed by atoms with Gasteiger partial charge in [-0.2, -0.15) is 0 Å². The van der Waals surface area contributed by atoms with E-state index >= 15 is 0 Å². The lowest BCUT2D eigenvalue weighted by Crippen LogP contribution is -2.19. The molecule has 0 aromatic rings. The molecule has 0 rings (SSSR count). The summed E-state index contributed by atoms with van der Waals surface area (Å²) in [5.41, 5.74) is 1.58. The molecule has 0 N–H and O–H groups in total. The SMILES string of the molecule is C=C(COCC(C)(C)C)C(C)(C)C. The van der Waals surface area contributed by atoms with E-state index in [2.05, 4.69) is 48.1 Å². The Morgan fingerprint density at radius 2 is 1.54 bits per heavy atom. The number of ether oxygens (including phenoxy) is 1. The second-order valence-corrected chi connectivity index (χ2v) is 5.91. The maximum Gasteiger partial charge on any atom is 0.0679 e. The topological polar surface area (TPSA) is 9.23 Å². The van der Waals surface area contributed by atoms with E-state index < -0.39 is 0 Å². The summed E-state index contributed by atoms with van der Waals surface area (Å²) in [7, 11) is 0. The molecule has 0 aliphatic heterocycles. The van der Waals surface area contributed by atoms with E-state index in [1.54, 1.807) is 0 Å². The van der Waals surface area contributed by atoms with Gasteiger partial charge < -0.3 is 4.74 Å². The molecule has 0 radical (unpaired) electrons. The fourth-order valence-electron chi connectivity index (χ4n) is 0.697. The predicted octanol–water partition coefficient (Wildman–Crippen LogP) is 3.65. The van der Waals surface area contributed by atoms with E-state index in [0.29, 0.717) is 6.61 Å². The number of hydrogen-bond donors (Lipinski definition) is 0. The minimum Gasteiger partial charge on any atom is -0.377 e. The van der Waals surface area contributed by atoms with E-state index in [-0.39, 0.29) is 10.8 Å². The lowest BCUT2D eigenvalue weighted by Gasteiger charge is -2.24. The Bertz CT molecular complexity index is 167. The molecule has 0 bridgehead atoms. The van der Waals surface area contributed by atoms with E-state index in [4.69, 9.17) is 4.74 Å². The van der Waals surface area contributed by atoms with Crippen LogP contribution in [0, 0.1) is 10.8 Å². The van der Waals surface area contributed by atoms with Crippen molar-refractivity contribution in [1.29, 1.82) is 0 Å². The Morgan fingerprint density at radius 1 is 1.08 bits per heavy atom. The van der Waals surface area contributed by atoms with Crippen LogP contribution in [0.25, 0.3) is 0 Å². The highest BCUT2D eigenvalue weighted by atomic mass is 16.5. The summed E-state index contributed by atoms with van der Waals surface area (Å²) < 4.78 is 5.59. The molecule has 0 spiro atoms. The van der Waals surface area contributed by atoms with Crippen LogP contribution in [-0.4, -0.2) is 13.2 Å². The molecule has 0 heterocycles. The van der Waals surface area contributed by atoms with Gasteiger partial charge in [0.25, 0.3) is 0 Å². The van der Waals surface area contributed by atoms with Crippen LogP contribution < -0.4 is 0 Å². The maximum absolute atomic E-state index is 5.59. The monoisotopic (exact) mass is 184 g/mol. The molecule has 0 aliphatic rings. The molecule has 0 fully saturated rings. The first-order valence-corrected chi connectivity index (χ1v) is 4.89. The Labute approximate surface area is 83.2 Å². The van der Waals surface area contributed by atoms with E-state index in [1.165, 1.54) is 0 Å². The molecule has 0 atom stereocenters. The van der Waals surface area contributed by atoms with Crippen molar-refractivity contribution in [2.45, 2.75) is 41.5 Å². The summed E-state index contributed by atoms with van der Waals surface area (Å²) in [4.78, 5) is 0. The molecule has 0 unspecified atom stereocenters. The third-order valence-corrected chi connectivity index (χ3v) is 1.87. The largest absolute Gasteiger partial charge is 0.377 e. The molecule has 0 amide bonds. The second kappa shape index (κ2) is 4.28. The molecular formula is C12H24O. The lowest BCUT2D eigenvalue weighted by molar-refractivity contribution is 0.0800. The third kappa shape index (κ3) is 6.83. The lowest BCUT2D eigenvalue weighted by atomic mass is 9.88. The van der Waals surface area contributed by atoms with Gasteiger partial charge in [0.2, 0.25) is 0 Å². The van der Waals surface area contributed by atoms with E-state index in [1.807, 2.05) is 0 Å². The molecule has 0 aromatic heterocycles. The van der Waals surface area contributed by atoms with Gasteiger partial charge in [-0.1, -0.05) is 48.1 Å². The average Bonchev–Trinajstić information content (AvgIpc) is 1.82. The Morgan fingerprint density at radius 3 is 1.85 bits per heavy atom. The number of hydrogen-bond acceptors (Lipinski definition) is 1. The molecule has 0 saturated heterocycles. The van der Waals surface area contributed by atoms with Gasteiger partial charge in [-0.05, 0) is 16.4 Å². The molecular weight excluding hydrogens is 160 g/mol. The minimum absolute atomic E-state index is 0.165. The maximum atomic E-state index is 5.59. The summed E-state index contributed by atoms with van der Waals surface area (Å²) in [5.74, 6) is 0. The van der Waals surface area contributed by atoms with Crippen molar-refractivity contribution in [3.8, 4) is 0 Å². The Kier molecular flexibility index (Phi) is 4.18. The third-order valence-electron chi connectivity index (χ3n) is 1.87. The van der Waals surface area contributed by atoms with E-state index in [9.17, 15) is 0 Å². The van der Waals surface area contributed by atoms with Crippen LogP contribution in [0.4, 0.5) is 0 Å². The first kappa shape index (κ1) is 12.7. The molecule has 13 heavy (non-hydrogen) atoms. The van der Waals surface area contributed by atoms with Crippen molar-refractivity contribution in [2.24, 2.45) is 10.8 Å². The van der Waals surface area contributed by atoms with Crippen molar-refractivity contribution < 1.29 is 4.74 Å². The van der Waals surface area contributed by atoms with Gasteiger partial charge >= 0.3 is 0 Å². The Balaban J connectivity index is 3.74. The quantitative estimate of drug-likeness (QED) is 0.608. The van der Waals surface area contributed by atoms with Gasteiger partial charge in [-0.25, -0.2) is 0 Å². The first-order valence-electron chi connectivity index (χ1n) is 4.89. The zero-order valence-electron chi connectivity index (χ0n) is 10.0. The highest BCUT2D eigenvalue weighted by molar-refractivity contribution is 5.05. The van der Waals surface area contributed by atoms with Crippen LogP contribution >= 0.6 is 0 Å². The summed E-state index contributed by atoms with van der Waals surface area (Å²) in [6, 6.07) is 0. The second-order valence-electron chi connectivity index (χ2n) is 5.91. The molecule has 0 aliphatic carbocycles. The molecule has 0 aromatic carbocycles. The summed E-state index contributed by atoms with van der Waals surface area (Å²) in [6.45, 7) is 18.5. The fourth-order valence-corrected chi connectivity index (χ4v) is 0.697. The first-order chi connectivity index (χ1) is 5.63. The predicted molar refractivity (Wildman–Crippen MR) is 58.9 cm³/mol. The zero-order valence-corrected chi connectivity index (χ0v) is 10.0. The van der Waals surface area contributed by atoms with Gasteiger partial charge in [0.15, 0.2) is 0 Å². The fraction of sp³-hybridized carbons (Fsp3) is 0.833. The van der Waals surface area contributed by atoms with Crippen molar-refractivity contribution in [2.75, 3.05) is 13.2 Å². The van der Waals surface area contributed by atoms with Crippen molar-refractivity contribution in [3.05, 3.63) is 12.2 Å². The highest BCUT2D eigenvalue weighted by Crippen LogP contribution is 2.24. The van der Waals surface area contributed by atoms with Crippen LogP contribution in [0.5, 0.6) is 0 Å². The molecule has 1 heteroatoms. The Hall–Kier alpha value is -0.300. The van der Waals surface area contributed by atoms with Gasteiger partial charge in [0.1, 0.15) is 0 Å². The van der Waals surface area contributed by atoms with Gasteiger partial charge in [0.05, 0.1) is 13.2 Å². The van der Waals surface area contributed by atoms with Crippen LogP contribution in [0.15, 0.2) is 12.2 Å². The number of rotatable bonds is 3. The van der Waals surface area contributed by atoms with Crippen molar-refractivity contribution in [3.63, 3.8) is 0 Å². The van der Waals surface area contributed by atoms with Crippen LogP contribution in [0.2, 0.25) is 0 Å². The van der Waals surface area contributed by atoms with Crippen LogP contribution in [-0.2, 0) is 4.74 Å².